The first-order valence-electron chi connectivity index (χ1n) is 4.94. The maximum atomic E-state index is 12.0. The molecule has 106 valence electrons. The van der Waals surface area contributed by atoms with Crippen LogP contribution in [0.25, 0.3) is 0 Å². The Morgan fingerprint density at radius 1 is 1.21 bits per heavy atom. The molecule has 0 amide bonds. The fourth-order valence-electron chi connectivity index (χ4n) is 1.50. The number of nitro benzene ring substituents is 1. The molecule has 0 unspecified atom stereocenters. The van der Waals surface area contributed by atoms with Gasteiger partial charge in [-0.05, 0) is 12.5 Å². The van der Waals surface area contributed by atoms with E-state index >= 15 is 0 Å². The summed E-state index contributed by atoms with van der Waals surface area (Å²) < 4.78 is 45.6. The van der Waals surface area contributed by atoms with Gasteiger partial charge >= 0.3 is 0 Å². The molecule has 0 aromatic heterocycles. The van der Waals surface area contributed by atoms with Gasteiger partial charge in [0, 0.05) is 16.7 Å². The molecule has 0 aliphatic rings. The third-order valence-electron chi connectivity index (χ3n) is 2.29. The minimum absolute atomic E-state index is 0.182. The summed E-state index contributed by atoms with van der Waals surface area (Å²) >= 11 is 0. The van der Waals surface area contributed by atoms with Gasteiger partial charge in [0.05, 0.1) is 16.4 Å². The van der Waals surface area contributed by atoms with Gasteiger partial charge in [-0.3, -0.25) is 10.1 Å². The smallest absolute Gasteiger partial charge is 0.258 e. The third-order valence-corrected chi connectivity index (χ3v) is 5.60. The van der Waals surface area contributed by atoms with E-state index in [9.17, 15) is 26.9 Å². The standard InChI is InChI=1S/C9H10ClNO6S2/c1-7-3-2-4-8(11(12)13)9(7)18(14,15)5-6-19(10,16)17/h2-4H,5-6H2,1H3. The number of sulfone groups is 1. The first-order valence-corrected chi connectivity index (χ1v) is 9.07. The lowest BCUT2D eigenvalue weighted by molar-refractivity contribution is -0.387. The van der Waals surface area contributed by atoms with Crippen LogP contribution in [0.1, 0.15) is 5.56 Å². The lowest BCUT2D eigenvalue weighted by Gasteiger charge is -2.07. The van der Waals surface area contributed by atoms with Crippen LogP contribution in [-0.4, -0.2) is 33.3 Å². The zero-order valence-corrected chi connectivity index (χ0v) is 12.1. The van der Waals surface area contributed by atoms with Gasteiger partial charge in [0.25, 0.3) is 5.69 Å². The van der Waals surface area contributed by atoms with E-state index in [1.165, 1.54) is 19.1 Å². The van der Waals surface area contributed by atoms with Crippen molar-refractivity contribution in [2.45, 2.75) is 11.8 Å². The Bertz CT molecular complexity index is 710. The van der Waals surface area contributed by atoms with E-state index < -0.39 is 45.9 Å². The Balaban J connectivity index is 3.33. The predicted molar refractivity (Wildman–Crippen MR) is 69.5 cm³/mol. The van der Waals surface area contributed by atoms with Crippen LogP contribution in [-0.2, 0) is 18.9 Å². The Hall–Kier alpha value is -1.19. The molecule has 19 heavy (non-hydrogen) atoms. The highest BCUT2D eigenvalue weighted by Gasteiger charge is 2.28. The van der Waals surface area contributed by atoms with E-state index in [4.69, 9.17) is 10.7 Å². The summed E-state index contributed by atoms with van der Waals surface area (Å²) in [6, 6.07) is 3.80. The molecule has 0 saturated heterocycles. The van der Waals surface area contributed by atoms with Crippen molar-refractivity contribution in [1.29, 1.82) is 0 Å². The molecular weight excluding hydrogens is 318 g/mol. The Kier molecular flexibility index (Phi) is 4.54. The number of halogens is 1. The maximum absolute atomic E-state index is 12.0. The van der Waals surface area contributed by atoms with E-state index in [1.807, 2.05) is 0 Å². The third kappa shape index (κ3) is 4.15. The minimum atomic E-state index is -4.11. The molecular formula is C9H10ClNO6S2. The molecule has 0 aliphatic heterocycles. The summed E-state index contributed by atoms with van der Waals surface area (Å²) in [5.74, 6) is -1.60. The zero-order valence-electron chi connectivity index (χ0n) is 9.74. The van der Waals surface area contributed by atoms with Crippen LogP contribution < -0.4 is 0 Å². The van der Waals surface area contributed by atoms with E-state index in [2.05, 4.69) is 0 Å². The van der Waals surface area contributed by atoms with Crippen molar-refractivity contribution >= 4 is 35.3 Å². The zero-order chi connectivity index (χ0) is 14.8. The molecule has 10 heteroatoms. The number of nitrogens with zero attached hydrogens (tertiary/aromatic N) is 1. The van der Waals surface area contributed by atoms with Crippen LogP contribution in [0.3, 0.4) is 0 Å². The maximum Gasteiger partial charge on any atom is 0.288 e. The minimum Gasteiger partial charge on any atom is -0.258 e. The molecule has 0 fully saturated rings. The van der Waals surface area contributed by atoms with Gasteiger partial charge in [-0.2, -0.15) is 0 Å². The number of nitro groups is 1. The number of aryl methyl sites for hydroxylation is 1. The molecule has 0 bridgehead atoms. The highest BCUT2D eigenvalue weighted by molar-refractivity contribution is 8.14. The molecule has 0 heterocycles. The second kappa shape index (κ2) is 5.43. The normalized spacial score (nSPS) is 12.3. The molecule has 1 rings (SSSR count). The van der Waals surface area contributed by atoms with Crippen LogP contribution in [0.15, 0.2) is 23.1 Å². The number of hydrogen-bond acceptors (Lipinski definition) is 6. The van der Waals surface area contributed by atoms with Crippen LogP contribution in [0.5, 0.6) is 0 Å². The SMILES string of the molecule is Cc1cccc([N+](=O)[O-])c1S(=O)(=O)CCS(=O)(=O)Cl. The van der Waals surface area contributed by atoms with Gasteiger partial charge in [0.1, 0.15) is 4.90 Å². The molecule has 0 radical (unpaired) electrons. The van der Waals surface area contributed by atoms with Gasteiger partial charge in [-0.25, -0.2) is 16.8 Å². The molecule has 0 saturated carbocycles. The first kappa shape index (κ1) is 15.9. The van der Waals surface area contributed by atoms with E-state index in [0.29, 0.717) is 0 Å². The lowest BCUT2D eigenvalue weighted by Crippen LogP contribution is -2.16. The number of benzene rings is 1. The van der Waals surface area contributed by atoms with Crippen LogP contribution in [0.2, 0.25) is 0 Å². The monoisotopic (exact) mass is 327 g/mol. The molecule has 0 N–H and O–H groups in total. The van der Waals surface area contributed by atoms with Crippen molar-refractivity contribution in [3.05, 3.63) is 33.9 Å². The fraction of sp³-hybridized carbons (Fsp3) is 0.333. The number of hydrogen-bond donors (Lipinski definition) is 0. The van der Waals surface area contributed by atoms with Crippen molar-refractivity contribution in [2.24, 2.45) is 0 Å². The summed E-state index contributed by atoms with van der Waals surface area (Å²) in [5.41, 5.74) is -0.395. The summed E-state index contributed by atoms with van der Waals surface area (Å²) in [6.07, 6.45) is 0. The summed E-state index contributed by atoms with van der Waals surface area (Å²) in [6.45, 7) is 1.40. The van der Waals surface area contributed by atoms with Crippen molar-refractivity contribution in [2.75, 3.05) is 11.5 Å². The Morgan fingerprint density at radius 2 is 1.79 bits per heavy atom. The van der Waals surface area contributed by atoms with Gasteiger partial charge in [0.15, 0.2) is 9.84 Å². The molecule has 0 atom stereocenters. The second-order valence-electron chi connectivity index (χ2n) is 3.74. The first-order chi connectivity index (χ1) is 8.54. The van der Waals surface area contributed by atoms with E-state index in [1.54, 1.807) is 0 Å². The largest absolute Gasteiger partial charge is 0.288 e. The highest BCUT2D eigenvalue weighted by atomic mass is 35.7. The summed E-state index contributed by atoms with van der Waals surface area (Å²) in [4.78, 5) is 9.52. The van der Waals surface area contributed by atoms with Gasteiger partial charge < -0.3 is 0 Å². The van der Waals surface area contributed by atoms with Crippen LogP contribution >= 0.6 is 10.7 Å². The van der Waals surface area contributed by atoms with E-state index in [0.717, 1.165) is 6.07 Å². The molecule has 1 aromatic rings. The van der Waals surface area contributed by atoms with Gasteiger partial charge in [0.2, 0.25) is 9.05 Å². The average Bonchev–Trinajstić information content (AvgIpc) is 2.25. The number of rotatable bonds is 5. The molecule has 7 nitrogen and oxygen atoms in total. The topological polar surface area (TPSA) is 111 Å². The van der Waals surface area contributed by atoms with Crippen molar-refractivity contribution in [3.63, 3.8) is 0 Å². The highest BCUT2D eigenvalue weighted by Crippen LogP contribution is 2.28. The summed E-state index contributed by atoms with van der Waals surface area (Å²) in [5, 5.41) is 10.8. The van der Waals surface area contributed by atoms with E-state index in [-0.39, 0.29) is 5.56 Å². The van der Waals surface area contributed by atoms with Crippen LogP contribution in [0, 0.1) is 17.0 Å². The predicted octanol–water partition coefficient (Wildman–Crippen LogP) is 1.25. The Morgan fingerprint density at radius 3 is 2.26 bits per heavy atom. The fourth-order valence-corrected chi connectivity index (χ4v) is 4.96. The van der Waals surface area contributed by atoms with Crippen molar-refractivity contribution in [1.82, 2.24) is 0 Å². The Labute approximate surface area is 114 Å². The van der Waals surface area contributed by atoms with Crippen molar-refractivity contribution < 1.29 is 21.8 Å². The average molecular weight is 328 g/mol. The summed E-state index contributed by atoms with van der Waals surface area (Å²) in [7, 11) is -3.15. The van der Waals surface area contributed by atoms with Gasteiger partial charge in [-0.15, -0.1) is 0 Å². The quantitative estimate of drug-likeness (QED) is 0.457. The van der Waals surface area contributed by atoms with Gasteiger partial charge in [-0.1, -0.05) is 12.1 Å². The molecule has 1 aromatic carbocycles. The molecule has 0 spiro atoms. The van der Waals surface area contributed by atoms with Crippen LogP contribution in [0.4, 0.5) is 5.69 Å². The van der Waals surface area contributed by atoms with Crippen molar-refractivity contribution in [3.8, 4) is 0 Å². The second-order valence-corrected chi connectivity index (χ2v) is 8.68. The molecule has 0 aliphatic carbocycles. The lowest BCUT2D eigenvalue weighted by atomic mass is 10.2.